The second kappa shape index (κ2) is 5.94. The molecule has 1 heterocycles. The first-order chi connectivity index (χ1) is 8.15. The van der Waals surface area contributed by atoms with Gasteiger partial charge in [0, 0.05) is 24.8 Å². The fourth-order valence-electron chi connectivity index (χ4n) is 2.30. The highest BCUT2D eigenvalue weighted by molar-refractivity contribution is 9.09. The number of carbonyl (C=O) groups excluding carboxylic acids is 1. The number of rotatable bonds is 3. The van der Waals surface area contributed by atoms with Gasteiger partial charge >= 0.3 is 0 Å². The van der Waals surface area contributed by atoms with Gasteiger partial charge in [-0.1, -0.05) is 50.5 Å². The van der Waals surface area contributed by atoms with Gasteiger partial charge in [-0.25, -0.2) is 0 Å². The number of alkyl halides is 1. The Kier molecular flexibility index (Phi) is 5.28. The van der Waals surface area contributed by atoms with Crippen molar-refractivity contribution in [1.29, 1.82) is 0 Å². The van der Waals surface area contributed by atoms with Crippen molar-refractivity contribution in [3.63, 3.8) is 0 Å². The van der Waals surface area contributed by atoms with E-state index < -0.39 is 0 Å². The summed E-state index contributed by atoms with van der Waals surface area (Å²) in [5.74, 6) is 0.860. The molecule has 1 atom stereocenters. The molecule has 0 aliphatic carbocycles. The molecule has 3 heteroatoms. The molecule has 1 unspecified atom stereocenters. The first kappa shape index (κ1) is 16.0. The molecule has 2 nitrogen and oxygen atoms in total. The summed E-state index contributed by atoms with van der Waals surface area (Å²) in [5, 5.41) is 0.962. The smallest absolute Gasteiger partial charge is 0.222 e. The summed E-state index contributed by atoms with van der Waals surface area (Å²) in [6.45, 7) is 13.1. The van der Waals surface area contributed by atoms with E-state index in [2.05, 4.69) is 55.4 Å². The lowest BCUT2D eigenvalue weighted by molar-refractivity contribution is -0.131. The number of carbonyl (C=O) groups is 1. The molecule has 1 rings (SSSR count). The molecule has 18 heavy (non-hydrogen) atoms. The Hall–Kier alpha value is -0.0500. The Morgan fingerprint density at radius 3 is 2.44 bits per heavy atom. The molecular formula is C15H28BrNO. The Labute approximate surface area is 121 Å². The van der Waals surface area contributed by atoms with Crippen LogP contribution in [-0.2, 0) is 4.79 Å². The third kappa shape index (κ3) is 4.56. The van der Waals surface area contributed by atoms with Gasteiger partial charge in [0.05, 0.1) is 0 Å². The monoisotopic (exact) mass is 317 g/mol. The van der Waals surface area contributed by atoms with Gasteiger partial charge < -0.3 is 4.90 Å². The molecule has 0 aromatic carbocycles. The number of halogens is 1. The van der Waals surface area contributed by atoms with Crippen LogP contribution in [0.15, 0.2) is 0 Å². The fourth-order valence-corrected chi connectivity index (χ4v) is 3.48. The maximum atomic E-state index is 12.2. The van der Waals surface area contributed by atoms with Crippen LogP contribution in [0.25, 0.3) is 0 Å². The summed E-state index contributed by atoms with van der Waals surface area (Å²) in [5.41, 5.74) is 0.557. The minimum atomic E-state index is 0.242. The van der Waals surface area contributed by atoms with Gasteiger partial charge in [0.15, 0.2) is 0 Å². The van der Waals surface area contributed by atoms with E-state index in [1.165, 1.54) is 0 Å². The van der Waals surface area contributed by atoms with E-state index in [9.17, 15) is 4.79 Å². The Bertz CT molecular complexity index is 293. The highest BCUT2D eigenvalue weighted by Crippen LogP contribution is 2.33. The molecule has 1 aliphatic heterocycles. The average molecular weight is 318 g/mol. The molecule has 1 aliphatic rings. The van der Waals surface area contributed by atoms with Crippen LogP contribution in [0.2, 0.25) is 0 Å². The zero-order valence-corrected chi connectivity index (χ0v) is 14.1. The third-order valence-electron chi connectivity index (χ3n) is 4.28. The van der Waals surface area contributed by atoms with E-state index in [0.717, 1.165) is 31.3 Å². The van der Waals surface area contributed by atoms with Crippen LogP contribution in [0.3, 0.4) is 0 Å². The third-order valence-corrected chi connectivity index (χ3v) is 5.06. The van der Waals surface area contributed by atoms with Gasteiger partial charge in [0.2, 0.25) is 5.91 Å². The summed E-state index contributed by atoms with van der Waals surface area (Å²) in [7, 11) is 0. The molecule has 1 saturated heterocycles. The summed E-state index contributed by atoms with van der Waals surface area (Å²) in [6.07, 6.45) is 2.86. The Morgan fingerprint density at radius 1 is 1.33 bits per heavy atom. The van der Waals surface area contributed by atoms with E-state index in [0.29, 0.717) is 23.7 Å². The Balaban J connectivity index is 2.68. The summed E-state index contributed by atoms with van der Waals surface area (Å²) >= 11 is 3.60. The van der Waals surface area contributed by atoms with Crippen LogP contribution in [-0.4, -0.2) is 29.2 Å². The molecule has 0 spiro atoms. The van der Waals surface area contributed by atoms with Crippen molar-refractivity contribution in [2.24, 2.45) is 16.7 Å². The van der Waals surface area contributed by atoms with Gasteiger partial charge in [-0.3, -0.25) is 4.79 Å². The lowest BCUT2D eigenvalue weighted by Gasteiger charge is -2.34. The normalized spacial score (nSPS) is 22.8. The topological polar surface area (TPSA) is 20.3 Å². The summed E-state index contributed by atoms with van der Waals surface area (Å²) < 4.78 is 0. The zero-order valence-electron chi connectivity index (χ0n) is 12.6. The molecule has 0 saturated carbocycles. The first-order valence-electron chi connectivity index (χ1n) is 6.99. The first-order valence-corrected chi connectivity index (χ1v) is 8.11. The molecule has 1 fully saturated rings. The molecular weight excluding hydrogens is 290 g/mol. The van der Waals surface area contributed by atoms with Gasteiger partial charge in [0.25, 0.3) is 0 Å². The number of hydrogen-bond acceptors (Lipinski definition) is 1. The number of nitrogens with zero attached hydrogens (tertiary/aromatic N) is 1. The second-order valence-corrected chi connectivity index (χ2v) is 8.12. The van der Waals surface area contributed by atoms with Gasteiger partial charge in [-0.2, -0.15) is 0 Å². The van der Waals surface area contributed by atoms with Crippen LogP contribution < -0.4 is 0 Å². The highest BCUT2D eigenvalue weighted by atomic mass is 79.9. The minimum Gasteiger partial charge on any atom is -0.342 e. The number of hydrogen-bond donors (Lipinski definition) is 0. The van der Waals surface area contributed by atoms with Crippen molar-refractivity contribution in [1.82, 2.24) is 4.90 Å². The van der Waals surface area contributed by atoms with Crippen molar-refractivity contribution >= 4 is 21.8 Å². The number of amides is 1. The van der Waals surface area contributed by atoms with Crippen LogP contribution >= 0.6 is 15.9 Å². The quantitative estimate of drug-likeness (QED) is 0.718. The highest BCUT2D eigenvalue weighted by Gasteiger charge is 2.31. The lowest BCUT2D eigenvalue weighted by atomic mass is 9.81. The standard InChI is InChI=1S/C15H28BrNO/c1-14(2,3)12(10-16)11-17-9-8-15(4,5)7-6-13(17)18/h12H,6-11H2,1-5H3. The second-order valence-electron chi connectivity index (χ2n) is 7.47. The SMILES string of the molecule is CC1(C)CCC(=O)N(CC(CBr)C(C)(C)C)CC1. The minimum absolute atomic E-state index is 0.242. The maximum absolute atomic E-state index is 12.2. The molecule has 0 N–H and O–H groups in total. The van der Waals surface area contributed by atoms with Crippen LogP contribution in [0, 0.1) is 16.7 Å². The molecule has 1 amide bonds. The van der Waals surface area contributed by atoms with Gasteiger partial charge in [-0.05, 0) is 29.6 Å². The van der Waals surface area contributed by atoms with E-state index >= 15 is 0 Å². The van der Waals surface area contributed by atoms with Crippen molar-refractivity contribution in [3.8, 4) is 0 Å². The van der Waals surface area contributed by atoms with Crippen molar-refractivity contribution in [2.45, 2.75) is 53.9 Å². The molecule has 0 aromatic rings. The van der Waals surface area contributed by atoms with Crippen molar-refractivity contribution in [2.75, 3.05) is 18.4 Å². The molecule has 106 valence electrons. The summed E-state index contributed by atoms with van der Waals surface area (Å²) in [4.78, 5) is 14.3. The van der Waals surface area contributed by atoms with E-state index in [1.54, 1.807) is 0 Å². The zero-order chi connectivity index (χ0) is 14.0. The van der Waals surface area contributed by atoms with Gasteiger partial charge in [0.1, 0.15) is 0 Å². The predicted octanol–water partition coefficient (Wildman–Crippen LogP) is 4.08. The van der Waals surface area contributed by atoms with Crippen LogP contribution in [0.4, 0.5) is 0 Å². The van der Waals surface area contributed by atoms with E-state index in [1.807, 2.05) is 0 Å². The molecule has 0 aromatic heterocycles. The Morgan fingerprint density at radius 2 is 1.94 bits per heavy atom. The van der Waals surface area contributed by atoms with Gasteiger partial charge in [-0.15, -0.1) is 0 Å². The summed E-state index contributed by atoms with van der Waals surface area (Å²) in [6, 6.07) is 0. The van der Waals surface area contributed by atoms with Crippen LogP contribution in [0.5, 0.6) is 0 Å². The van der Waals surface area contributed by atoms with Crippen molar-refractivity contribution in [3.05, 3.63) is 0 Å². The molecule has 0 radical (unpaired) electrons. The van der Waals surface area contributed by atoms with Crippen molar-refractivity contribution < 1.29 is 4.79 Å². The average Bonchev–Trinajstić information content (AvgIpc) is 2.35. The lowest BCUT2D eigenvalue weighted by Crippen LogP contribution is -2.40. The predicted molar refractivity (Wildman–Crippen MR) is 81.0 cm³/mol. The van der Waals surface area contributed by atoms with Crippen LogP contribution in [0.1, 0.15) is 53.9 Å². The fraction of sp³-hybridized carbons (Fsp3) is 0.933. The van der Waals surface area contributed by atoms with E-state index in [4.69, 9.17) is 0 Å². The largest absolute Gasteiger partial charge is 0.342 e. The number of likely N-dealkylation sites (tertiary alicyclic amines) is 1. The molecule has 0 bridgehead atoms. The maximum Gasteiger partial charge on any atom is 0.222 e. The van der Waals surface area contributed by atoms with E-state index in [-0.39, 0.29) is 5.41 Å².